The number of methoxy groups -OCH3 is 3. The Morgan fingerprint density at radius 1 is 1.03 bits per heavy atom. The number of nitro groups is 1. The van der Waals surface area contributed by atoms with Crippen molar-refractivity contribution in [3.63, 3.8) is 0 Å². The minimum atomic E-state index is -0.567. The van der Waals surface area contributed by atoms with Gasteiger partial charge in [0, 0.05) is 17.2 Å². The van der Waals surface area contributed by atoms with Gasteiger partial charge in [-0.3, -0.25) is 14.9 Å². The predicted molar refractivity (Wildman–Crippen MR) is 146 cm³/mol. The summed E-state index contributed by atoms with van der Waals surface area (Å²) in [5.74, 6) is 1.40. The van der Waals surface area contributed by atoms with E-state index in [0.717, 1.165) is 16.9 Å². The maximum absolute atomic E-state index is 13.6. The lowest BCUT2D eigenvalue weighted by atomic mass is 9.96. The van der Waals surface area contributed by atoms with Gasteiger partial charge >= 0.3 is 5.69 Å². The van der Waals surface area contributed by atoms with Crippen molar-refractivity contribution in [3.8, 4) is 28.6 Å². The zero-order valence-corrected chi connectivity index (χ0v) is 22.0. The van der Waals surface area contributed by atoms with Crippen LogP contribution in [0.1, 0.15) is 36.5 Å². The van der Waals surface area contributed by atoms with Gasteiger partial charge < -0.3 is 14.2 Å². The van der Waals surface area contributed by atoms with Gasteiger partial charge in [-0.1, -0.05) is 26.0 Å². The van der Waals surface area contributed by atoms with Gasteiger partial charge in [0.05, 0.1) is 43.4 Å². The van der Waals surface area contributed by atoms with Crippen LogP contribution in [0.4, 0.5) is 5.69 Å². The van der Waals surface area contributed by atoms with Crippen molar-refractivity contribution >= 4 is 22.8 Å². The molecule has 0 radical (unpaired) electrons. The molecule has 0 bridgehead atoms. The van der Waals surface area contributed by atoms with E-state index < -0.39 is 4.92 Å². The largest absolute Gasteiger partial charge is 0.496 e. The van der Waals surface area contributed by atoms with E-state index in [9.17, 15) is 14.9 Å². The van der Waals surface area contributed by atoms with E-state index in [2.05, 4.69) is 18.9 Å². The lowest BCUT2D eigenvalue weighted by molar-refractivity contribution is -0.385. The maximum atomic E-state index is 13.6. The monoisotopic (exact) mass is 516 g/mol. The molecule has 0 aliphatic carbocycles. The smallest absolute Gasteiger partial charge is 0.315 e. The van der Waals surface area contributed by atoms with Crippen LogP contribution in [0.3, 0.4) is 0 Å². The number of nitro benzene ring substituents is 1. The highest BCUT2D eigenvalue weighted by molar-refractivity contribution is 5.84. The number of fused-ring (bicyclic) bond motifs is 1. The second kappa shape index (κ2) is 10.7. The first-order chi connectivity index (χ1) is 18.2. The Morgan fingerprint density at radius 2 is 1.74 bits per heavy atom. The zero-order valence-electron chi connectivity index (χ0n) is 22.0. The molecule has 4 rings (SSSR count). The molecule has 0 spiro atoms. The van der Waals surface area contributed by atoms with Crippen molar-refractivity contribution in [2.24, 2.45) is 5.10 Å². The molecule has 0 fully saturated rings. The third-order valence-corrected chi connectivity index (χ3v) is 6.19. The van der Waals surface area contributed by atoms with Crippen LogP contribution in [-0.4, -0.2) is 42.1 Å². The van der Waals surface area contributed by atoms with Crippen molar-refractivity contribution in [3.05, 3.63) is 85.7 Å². The molecule has 10 nitrogen and oxygen atoms in total. The third-order valence-electron chi connectivity index (χ3n) is 6.19. The van der Waals surface area contributed by atoms with Gasteiger partial charge in [0.2, 0.25) is 5.75 Å². The molecule has 0 N–H and O–H groups in total. The van der Waals surface area contributed by atoms with Gasteiger partial charge in [-0.25, -0.2) is 4.98 Å². The predicted octanol–water partition coefficient (Wildman–Crippen LogP) is 5.31. The van der Waals surface area contributed by atoms with Crippen LogP contribution >= 0.6 is 0 Å². The topological polar surface area (TPSA) is 118 Å². The molecule has 0 saturated carbocycles. The van der Waals surface area contributed by atoms with Crippen LogP contribution in [0.5, 0.6) is 17.2 Å². The van der Waals surface area contributed by atoms with Gasteiger partial charge in [-0.2, -0.15) is 9.78 Å². The molecule has 0 aliphatic rings. The number of ether oxygens (including phenoxy) is 3. The number of nitrogens with zero attached hydrogens (tertiary/aromatic N) is 4. The molecule has 0 atom stereocenters. The average Bonchev–Trinajstić information content (AvgIpc) is 2.91. The summed E-state index contributed by atoms with van der Waals surface area (Å²) in [6, 6.07) is 13.8. The van der Waals surface area contributed by atoms with Crippen molar-refractivity contribution in [1.29, 1.82) is 0 Å². The molecular weight excluding hydrogens is 488 g/mol. The Balaban J connectivity index is 1.98. The van der Waals surface area contributed by atoms with Crippen molar-refractivity contribution in [1.82, 2.24) is 9.66 Å². The molecule has 1 heterocycles. The van der Waals surface area contributed by atoms with E-state index in [1.807, 2.05) is 25.1 Å². The SMILES string of the molecule is COc1cc(C)c(-c2nc3ccccc3c(=O)n2N=Cc2cc(OC)c(OC)c([N+](=O)[O-])c2)cc1C(C)C. The summed E-state index contributed by atoms with van der Waals surface area (Å²) in [4.78, 5) is 29.5. The van der Waals surface area contributed by atoms with Gasteiger partial charge in [-0.15, -0.1) is 0 Å². The van der Waals surface area contributed by atoms with Crippen molar-refractivity contribution in [2.45, 2.75) is 26.7 Å². The van der Waals surface area contributed by atoms with Crippen LogP contribution in [0.2, 0.25) is 0 Å². The Morgan fingerprint density at radius 3 is 2.37 bits per heavy atom. The Hall–Kier alpha value is -4.73. The number of aryl methyl sites for hydroxylation is 1. The summed E-state index contributed by atoms with van der Waals surface area (Å²) in [7, 11) is 4.34. The summed E-state index contributed by atoms with van der Waals surface area (Å²) in [6.45, 7) is 6.02. The minimum absolute atomic E-state index is 0.00468. The summed E-state index contributed by atoms with van der Waals surface area (Å²) in [6.07, 6.45) is 1.36. The molecule has 0 saturated heterocycles. The highest BCUT2D eigenvalue weighted by Crippen LogP contribution is 2.38. The van der Waals surface area contributed by atoms with Crippen LogP contribution in [0, 0.1) is 17.0 Å². The van der Waals surface area contributed by atoms with Crippen molar-refractivity contribution < 1.29 is 19.1 Å². The molecule has 0 amide bonds. The van der Waals surface area contributed by atoms with Crippen LogP contribution in [-0.2, 0) is 0 Å². The number of hydrogen-bond acceptors (Lipinski definition) is 8. The minimum Gasteiger partial charge on any atom is -0.496 e. The van der Waals surface area contributed by atoms with Crippen molar-refractivity contribution in [2.75, 3.05) is 21.3 Å². The fourth-order valence-electron chi connectivity index (χ4n) is 4.27. The van der Waals surface area contributed by atoms with Crippen LogP contribution < -0.4 is 19.8 Å². The van der Waals surface area contributed by atoms with Crippen LogP contribution in [0.25, 0.3) is 22.3 Å². The number of para-hydroxylation sites is 1. The Bertz CT molecular complexity index is 1620. The highest BCUT2D eigenvalue weighted by atomic mass is 16.6. The molecule has 4 aromatic rings. The van der Waals surface area contributed by atoms with Gasteiger partial charge in [0.25, 0.3) is 5.56 Å². The fourth-order valence-corrected chi connectivity index (χ4v) is 4.27. The van der Waals surface area contributed by atoms with E-state index in [-0.39, 0.29) is 28.7 Å². The average molecular weight is 517 g/mol. The number of rotatable bonds is 8. The zero-order chi connectivity index (χ0) is 27.6. The Kier molecular flexibility index (Phi) is 7.43. The summed E-state index contributed by atoms with van der Waals surface area (Å²) in [5, 5.41) is 16.5. The molecular formula is C28H28N4O6. The maximum Gasteiger partial charge on any atom is 0.315 e. The van der Waals surface area contributed by atoms with E-state index in [0.29, 0.717) is 27.9 Å². The fraction of sp³-hybridized carbons (Fsp3) is 0.250. The van der Waals surface area contributed by atoms with Crippen LogP contribution in [0.15, 0.2) is 58.4 Å². The lowest BCUT2D eigenvalue weighted by Crippen LogP contribution is -2.20. The molecule has 0 unspecified atom stereocenters. The molecule has 38 heavy (non-hydrogen) atoms. The molecule has 3 aromatic carbocycles. The highest BCUT2D eigenvalue weighted by Gasteiger charge is 2.22. The molecule has 10 heteroatoms. The molecule has 1 aromatic heterocycles. The standard InChI is InChI=1S/C28H28N4O6/c1-16(2)20-14-21(17(3)11-24(20)36-4)27-30-22-10-8-7-9-19(22)28(33)31(27)29-15-18-12-23(32(34)35)26(38-6)25(13-18)37-5/h7-16H,1-6H3. The van der Waals surface area contributed by atoms with E-state index in [1.54, 1.807) is 31.4 Å². The second-order valence-electron chi connectivity index (χ2n) is 8.91. The van der Waals surface area contributed by atoms with Gasteiger partial charge in [0.1, 0.15) is 5.75 Å². The summed E-state index contributed by atoms with van der Waals surface area (Å²) >= 11 is 0. The van der Waals surface area contributed by atoms with Gasteiger partial charge in [0.15, 0.2) is 11.6 Å². The Labute approximate surface area is 219 Å². The quantitative estimate of drug-likeness (QED) is 0.177. The number of aromatic nitrogens is 2. The van der Waals surface area contributed by atoms with E-state index in [1.165, 1.54) is 31.2 Å². The van der Waals surface area contributed by atoms with Gasteiger partial charge in [-0.05, 0) is 54.3 Å². The first-order valence-electron chi connectivity index (χ1n) is 11.9. The molecule has 196 valence electrons. The number of hydrogen-bond donors (Lipinski definition) is 0. The summed E-state index contributed by atoms with van der Waals surface area (Å²) < 4.78 is 17.2. The third kappa shape index (κ3) is 4.80. The normalized spacial score (nSPS) is 11.3. The first-order valence-corrected chi connectivity index (χ1v) is 11.9. The van der Waals surface area contributed by atoms with E-state index in [4.69, 9.17) is 19.2 Å². The number of benzene rings is 3. The summed E-state index contributed by atoms with van der Waals surface area (Å²) in [5.41, 5.74) is 2.73. The first kappa shape index (κ1) is 26.3. The second-order valence-corrected chi connectivity index (χ2v) is 8.91. The van der Waals surface area contributed by atoms with E-state index >= 15 is 0 Å². The molecule has 0 aliphatic heterocycles. The lowest BCUT2D eigenvalue weighted by Gasteiger charge is -2.17.